The van der Waals surface area contributed by atoms with Crippen LogP contribution in [0.5, 0.6) is 11.5 Å². The Morgan fingerprint density at radius 2 is 2.20 bits per heavy atom. The van der Waals surface area contributed by atoms with Crippen molar-refractivity contribution >= 4 is 11.6 Å². The summed E-state index contributed by atoms with van der Waals surface area (Å²) in [4.78, 5) is 0. The number of benzene rings is 1. The summed E-state index contributed by atoms with van der Waals surface area (Å²) in [6.45, 7) is 4.14. The van der Waals surface area contributed by atoms with Crippen molar-refractivity contribution in [1.82, 2.24) is 9.78 Å². The second-order valence-corrected chi connectivity index (χ2v) is 4.71. The van der Waals surface area contributed by atoms with Gasteiger partial charge < -0.3 is 9.84 Å². The van der Waals surface area contributed by atoms with Crippen LogP contribution in [-0.2, 0) is 6.54 Å². The maximum absolute atomic E-state index is 8.98. The van der Waals surface area contributed by atoms with Gasteiger partial charge in [0.25, 0.3) is 0 Å². The van der Waals surface area contributed by atoms with Gasteiger partial charge in [-0.2, -0.15) is 10.4 Å². The van der Waals surface area contributed by atoms with Crippen molar-refractivity contribution < 1.29 is 9.84 Å². The van der Waals surface area contributed by atoms with Crippen molar-refractivity contribution in [3.05, 3.63) is 40.2 Å². The molecule has 0 amide bonds. The first kappa shape index (κ1) is 14.4. The highest BCUT2D eigenvalue weighted by molar-refractivity contribution is 6.31. The molecule has 0 fully saturated rings. The first-order valence-electron chi connectivity index (χ1n) is 6.09. The molecule has 0 aliphatic rings. The van der Waals surface area contributed by atoms with E-state index in [1.54, 1.807) is 22.9 Å². The van der Waals surface area contributed by atoms with E-state index in [0.29, 0.717) is 28.6 Å². The van der Waals surface area contributed by atoms with Gasteiger partial charge in [0.05, 0.1) is 29.4 Å². The first-order valence-corrected chi connectivity index (χ1v) is 6.47. The van der Waals surface area contributed by atoms with Gasteiger partial charge in [-0.25, -0.2) is 0 Å². The van der Waals surface area contributed by atoms with Gasteiger partial charge >= 0.3 is 0 Å². The highest BCUT2D eigenvalue weighted by Crippen LogP contribution is 2.30. The van der Waals surface area contributed by atoms with E-state index in [9.17, 15) is 0 Å². The molecule has 0 bridgehead atoms. The molecule has 0 aliphatic carbocycles. The molecule has 0 unspecified atom stereocenters. The van der Waals surface area contributed by atoms with E-state index < -0.39 is 0 Å². The number of halogens is 1. The summed E-state index contributed by atoms with van der Waals surface area (Å²) in [6, 6.07) is 6.90. The zero-order chi connectivity index (χ0) is 14.7. The second-order valence-electron chi connectivity index (χ2n) is 4.30. The summed E-state index contributed by atoms with van der Waals surface area (Å²) in [5, 5.41) is 22.5. The maximum atomic E-state index is 8.98. The predicted octanol–water partition coefficient (Wildman–Crippen LogP) is 2.81. The van der Waals surface area contributed by atoms with E-state index in [1.165, 1.54) is 0 Å². The normalized spacial score (nSPS) is 10.3. The van der Waals surface area contributed by atoms with Crippen LogP contribution in [0.25, 0.3) is 0 Å². The lowest BCUT2D eigenvalue weighted by molar-refractivity contribution is 0.267. The van der Waals surface area contributed by atoms with Gasteiger partial charge in [-0.3, -0.25) is 4.68 Å². The SMILES string of the molecule is Cc1nn(CCO)c(C)c1Oc1ccc(C#N)c(Cl)c1. The molecule has 2 rings (SSSR count). The lowest BCUT2D eigenvalue weighted by Crippen LogP contribution is -2.05. The van der Waals surface area contributed by atoms with E-state index in [4.69, 9.17) is 26.7 Å². The average Bonchev–Trinajstić information content (AvgIpc) is 2.67. The Hall–Kier alpha value is -2.03. The summed E-state index contributed by atoms with van der Waals surface area (Å²) < 4.78 is 7.48. The Morgan fingerprint density at radius 1 is 1.45 bits per heavy atom. The molecule has 0 spiro atoms. The molecule has 6 heteroatoms. The van der Waals surface area contributed by atoms with Gasteiger partial charge in [0.15, 0.2) is 5.75 Å². The topological polar surface area (TPSA) is 71.1 Å². The molecule has 0 radical (unpaired) electrons. The fraction of sp³-hybridized carbons (Fsp3) is 0.286. The third-order valence-corrected chi connectivity index (χ3v) is 3.22. The summed E-state index contributed by atoms with van der Waals surface area (Å²) in [6.07, 6.45) is 0. The molecule has 104 valence electrons. The molecule has 1 aromatic heterocycles. The molecule has 0 saturated carbocycles. The quantitative estimate of drug-likeness (QED) is 0.940. The minimum Gasteiger partial charge on any atom is -0.453 e. The van der Waals surface area contributed by atoms with Crippen molar-refractivity contribution in [3.63, 3.8) is 0 Å². The molecule has 5 nitrogen and oxygen atoms in total. The largest absolute Gasteiger partial charge is 0.453 e. The highest BCUT2D eigenvalue weighted by atomic mass is 35.5. The van der Waals surface area contributed by atoms with Gasteiger partial charge in [-0.05, 0) is 26.0 Å². The molecule has 2 aromatic rings. The lowest BCUT2D eigenvalue weighted by Gasteiger charge is -2.07. The molecule has 1 aromatic carbocycles. The van der Waals surface area contributed by atoms with Crippen molar-refractivity contribution in [1.29, 1.82) is 5.26 Å². The van der Waals surface area contributed by atoms with Crippen LogP contribution in [0.4, 0.5) is 0 Å². The zero-order valence-electron chi connectivity index (χ0n) is 11.2. The fourth-order valence-electron chi connectivity index (χ4n) is 1.91. The minimum absolute atomic E-state index is 0.0180. The van der Waals surface area contributed by atoms with Crippen molar-refractivity contribution in [2.45, 2.75) is 20.4 Å². The Balaban J connectivity index is 2.31. The van der Waals surface area contributed by atoms with Crippen molar-refractivity contribution in [3.8, 4) is 17.6 Å². The molecule has 0 atom stereocenters. The van der Waals surface area contributed by atoms with E-state index >= 15 is 0 Å². The van der Waals surface area contributed by atoms with Crippen LogP contribution in [0.1, 0.15) is 17.0 Å². The molecule has 20 heavy (non-hydrogen) atoms. The van der Waals surface area contributed by atoms with Crippen LogP contribution < -0.4 is 4.74 Å². The van der Waals surface area contributed by atoms with Gasteiger partial charge in [0, 0.05) is 6.07 Å². The number of rotatable bonds is 4. The van der Waals surface area contributed by atoms with Gasteiger partial charge in [0.2, 0.25) is 0 Å². The fourth-order valence-corrected chi connectivity index (χ4v) is 2.12. The van der Waals surface area contributed by atoms with Crippen molar-refractivity contribution in [2.24, 2.45) is 0 Å². The van der Waals surface area contributed by atoms with Gasteiger partial charge in [-0.1, -0.05) is 11.6 Å². The molecular formula is C14H14ClN3O2. The maximum Gasteiger partial charge on any atom is 0.171 e. The number of aliphatic hydroxyl groups excluding tert-OH is 1. The van der Waals surface area contributed by atoms with E-state index in [2.05, 4.69) is 5.10 Å². The Bertz CT molecular complexity index is 674. The zero-order valence-corrected chi connectivity index (χ0v) is 12.0. The first-order chi connectivity index (χ1) is 9.56. The van der Waals surface area contributed by atoms with Gasteiger partial charge in [0.1, 0.15) is 17.5 Å². The molecule has 1 N–H and O–H groups in total. The number of hydrogen-bond acceptors (Lipinski definition) is 4. The Kier molecular flexibility index (Phi) is 4.28. The minimum atomic E-state index is 0.0180. The number of aryl methyl sites for hydroxylation is 1. The monoisotopic (exact) mass is 291 g/mol. The lowest BCUT2D eigenvalue weighted by atomic mass is 10.2. The summed E-state index contributed by atoms with van der Waals surface area (Å²) in [7, 11) is 0. The van der Waals surface area contributed by atoms with E-state index in [0.717, 1.165) is 11.4 Å². The van der Waals surface area contributed by atoms with E-state index in [1.807, 2.05) is 19.9 Å². The predicted molar refractivity (Wildman–Crippen MR) is 75.0 cm³/mol. The van der Waals surface area contributed by atoms with Crippen LogP contribution in [0, 0.1) is 25.2 Å². The second kappa shape index (κ2) is 5.95. The number of ether oxygens (including phenoxy) is 1. The number of hydrogen-bond donors (Lipinski definition) is 1. The van der Waals surface area contributed by atoms with Crippen molar-refractivity contribution in [2.75, 3.05) is 6.61 Å². The van der Waals surface area contributed by atoms with Crippen LogP contribution in [-0.4, -0.2) is 21.5 Å². The highest BCUT2D eigenvalue weighted by Gasteiger charge is 2.14. The number of aliphatic hydroxyl groups is 1. The number of aromatic nitrogens is 2. The van der Waals surface area contributed by atoms with Crippen LogP contribution in [0.15, 0.2) is 18.2 Å². The smallest absolute Gasteiger partial charge is 0.171 e. The molecule has 0 saturated heterocycles. The molecule has 1 heterocycles. The van der Waals surface area contributed by atoms with Crippen LogP contribution in [0.2, 0.25) is 5.02 Å². The Morgan fingerprint density at radius 3 is 2.80 bits per heavy atom. The summed E-state index contributed by atoms with van der Waals surface area (Å²) >= 11 is 5.97. The number of nitriles is 1. The average molecular weight is 292 g/mol. The third-order valence-electron chi connectivity index (χ3n) is 2.91. The standard InChI is InChI=1S/C14H14ClN3O2/c1-9-14(10(2)18(17-9)5-6-19)20-12-4-3-11(8-16)13(15)7-12/h3-4,7,19H,5-6H2,1-2H3. The molecular weight excluding hydrogens is 278 g/mol. The van der Waals surface area contributed by atoms with Crippen LogP contribution >= 0.6 is 11.6 Å². The number of nitrogens with zero attached hydrogens (tertiary/aromatic N) is 3. The van der Waals surface area contributed by atoms with Crippen LogP contribution in [0.3, 0.4) is 0 Å². The summed E-state index contributed by atoms with van der Waals surface area (Å²) in [5.41, 5.74) is 1.97. The summed E-state index contributed by atoms with van der Waals surface area (Å²) in [5.74, 6) is 1.18. The third kappa shape index (κ3) is 2.77. The van der Waals surface area contributed by atoms with E-state index in [-0.39, 0.29) is 6.61 Å². The molecule has 0 aliphatic heterocycles. The van der Waals surface area contributed by atoms with Gasteiger partial charge in [-0.15, -0.1) is 0 Å². The Labute approximate surface area is 122 Å².